The SMILES string of the molecule is CO[Si](C[N+]#N)(OC)OC. The molecule has 0 unspecified atom stereocenters. The predicted molar refractivity (Wildman–Crippen MR) is 36.7 cm³/mol. The number of hydrogen-bond acceptors (Lipinski definition) is 4. The van der Waals surface area contributed by atoms with Crippen LogP contribution < -0.4 is 0 Å². The Hall–Kier alpha value is -0.483. The minimum absolute atomic E-state index is 0.0660. The van der Waals surface area contributed by atoms with Gasteiger partial charge in [0.15, 0.2) is 0 Å². The van der Waals surface area contributed by atoms with E-state index in [0.29, 0.717) is 0 Å². The third-order valence-electron chi connectivity index (χ3n) is 1.20. The van der Waals surface area contributed by atoms with Crippen LogP contribution in [0, 0.1) is 5.39 Å². The van der Waals surface area contributed by atoms with Crippen molar-refractivity contribution in [3.63, 3.8) is 0 Å². The highest BCUT2D eigenvalue weighted by atomic mass is 28.4. The van der Waals surface area contributed by atoms with E-state index in [9.17, 15) is 0 Å². The fourth-order valence-electron chi connectivity index (χ4n) is 0.530. The van der Waals surface area contributed by atoms with E-state index in [1.807, 2.05) is 0 Å². The van der Waals surface area contributed by atoms with E-state index in [2.05, 4.69) is 4.98 Å². The molecule has 6 heteroatoms. The summed E-state index contributed by atoms with van der Waals surface area (Å²) < 4.78 is 14.8. The molecule has 0 aliphatic carbocycles. The Balaban J connectivity index is 4.04. The van der Waals surface area contributed by atoms with Crippen molar-refractivity contribution in [2.75, 3.05) is 27.5 Å². The van der Waals surface area contributed by atoms with Gasteiger partial charge in [-0.2, -0.15) is 0 Å². The second-order valence-electron chi connectivity index (χ2n) is 1.59. The number of nitrogens with zero attached hydrogens (tertiary/aromatic N) is 2. The van der Waals surface area contributed by atoms with Gasteiger partial charge in [0, 0.05) is 21.3 Å². The summed E-state index contributed by atoms with van der Waals surface area (Å²) in [5.41, 5.74) is 0. The van der Waals surface area contributed by atoms with Gasteiger partial charge < -0.3 is 13.3 Å². The first kappa shape index (κ1) is 9.52. The van der Waals surface area contributed by atoms with Crippen molar-refractivity contribution >= 4 is 8.80 Å². The Labute approximate surface area is 60.9 Å². The first-order valence-electron chi connectivity index (χ1n) is 2.71. The van der Waals surface area contributed by atoms with E-state index < -0.39 is 8.80 Å². The molecule has 0 spiro atoms. The highest BCUT2D eigenvalue weighted by Gasteiger charge is 2.46. The lowest BCUT2D eigenvalue weighted by molar-refractivity contribution is 0.128. The molecule has 0 heterocycles. The number of diazo groups is 1. The van der Waals surface area contributed by atoms with Crippen LogP contribution in [0.1, 0.15) is 0 Å². The molecule has 0 saturated carbocycles. The summed E-state index contributed by atoms with van der Waals surface area (Å²) >= 11 is 0. The van der Waals surface area contributed by atoms with Gasteiger partial charge in [-0.1, -0.05) is 0 Å². The normalized spacial score (nSPS) is 11.0. The zero-order valence-electron chi connectivity index (χ0n) is 6.33. The van der Waals surface area contributed by atoms with Crippen LogP contribution in [0.3, 0.4) is 0 Å². The van der Waals surface area contributed by atoms with Crippen molar-refractivity contribution < 1.29 is 13.3 Å². The third kappa shape index (κ3) is 2.04. The van der Waals surface area contributed by atoms with Gasteiger partial charge in [0.05, 0.1) is 0 Å². The highest BCUT2D eigenvalue weighted by Crippen LogP contribution is 2.05. The van der Waals surface area contributed by atoms with Crippen LogP contribution in [0.4, 0.5) is 0 Å². The van der Waals surface area contributed by atoms with Crippen molar-refractivity contribution in [3.8, 4) is 0 Å². The van der Waals surface area contributed by atoms with Crippen LogP contribution in [0.2, 0.25) is 0 Å². The molecule has 0 fully saturated rings. The maximum atomic E-state index is 8.21. The van der Waals surface area contributed by atoms with Gasteiger partial charge in [-0.3, -0.25) is 0 Å². The maximum absolute atomic E-state index is 8.21. The van der Waals surface area contributed by atoms with E-state index >= 15 is 0 Å². The van der Waals surface area contributed by atoms with E-state index in [1.54, 1.807) is 0 Å². The Morgan fingerprint density at radius 1 is 1.20 bits per heavy atom. The fourth-order valence-corrected chi connectivity index (χ4v) is 1.59. The largest absolute Gasteiger partial charge is 0.594 e. The van der Waals surface area contributed by atoms with Gasteiger partial charge in [-0.05, 0) is 0 Å². The summed E-state index contributed by atoms with van der Waals surface area (Å²) in [5, 5.41) is 8.21. The average molecular weight is 163 g/mol. The quantitative estimate of drug-likeness (QED) is 0.440. The zero-order chi connectivity index (χ0) is 8.04. The van der Waals surface area contributed by atoms with Gasteiger partial charge in [0.2, 0.25) is 5.39 Å². The molecule has 0 N–H and O–H groups in total. The van der Waals surface area contributed by atoms with E-state index in [0.717, 1.165) is 0 Å². The summed E-state index contributed by atoms with van der Waals surface area (Å²) in [6, 6.07) is 0. The lowest BCUT2D eigenvalue weighted by Gasteiger charge is -2.15. The van der Waals surface area contributed by atoms with Crippen LogP contribution in [0.15, 0.2) is 0 Å². The van der Waals surface area contributed by atoms with E-state index in [-0.39, 0.29) is 6.17 Å². The molecule has 0 amide bonds. The summed E-state index contributed by atoms with van der Waals surface area (Å²) in [6.45, 7) is 0. The third-order valence-corrected chi connectivity index (χ3v) is 3.59. The fraction of sp³-hybridized carbons (Fsp3) is 1.00. The highest BCUT2D eigenvalue weighted by molar-refractivity contribution is 6.61. The number of hydrogen-bond donors (Lipinski definition) is 0. The van der Waals surface area contributed by atoms with Crippen LogP contribution in [0.5, 0.6) is 0 Å². The van der Waals surface area contributed by atoms with Gasteiger partial charge in [-0.25, -0.2) is 0 Å². The van der Waals surface area contributed by atoms with Crippen molar-refractivity contribution in [3.05, 3.63) is 4.98 Å². The molecule has 0 aromatic rings. The molecule has 0 aromatic heterocycles. The van der Waals surface area contributed by atoms with Gasteiger partial charge in [-0.15, -0.1) is 0 Å². The minimum Gasteiger partial charge on any atom is -0.372 e. The second-order valence-corrected chi connectivity index (χ2v) is 4.50. The number of rotatable bonds is 4. The molecule has 58 valence electrons. The Bertz CT molecular complexity index is 123. The molecular formula is C4H11N2O3Si+. The molecule has 0 rings (SSSR count). The molecule has 0 aliphatic rings. The minimum atomic E-state index is -2.63. The Kier molecular flexibility index (Phi) is 4.14. The van der Waals surface area contributed by atoms with Gasteiger partial charge in [0.25, 0.3) is 0 Å². The molecule has 0 radical (unpaired) electrons. The van der Waals surface area contributed by atoms with Crippen LogP contribution in [0.25, 0.3) is 4.98 Å². The summed E-state index contributed by atoms with van der Waals surface area (Å²) in [7, 11) is 1.75. The maximum Gasteiger partial charge on any atom is 0.594 e. The van der Waals surface area contributed by atoms with Crippen LogP contribution in [-0.2, 0) is 13.3 Å². The van der Waals surface area contributed by atoms with Crippen LogP contribution >= 0.6 is 0 Å². The second kappa shape index (κ2) is 4.35. The molecule has 0 aliphatic heterocycles. The molecule has 0 bridgehead atoms. The van der Waals surface area contributed by atoms with Crippen LogP contribution in [-0.4, -0.2) is 36.3 Å². The lowest BCUT2D eigenvalue weighted by atomic mass is 11.5. The Morgan fingerprint density at radius 3 is 1.70 bits per heavy atom. The first-order chi connectivity index (χ1) is 4.74. The standard InChI is InChI=1S/C4H11N2O3Si/c1-7-10(8-2,9-3)4-6-5/h4H2,1-3H3/q+1. The van der Waals surface area contributed by atoms with Crippen molar-refractivity contribution in [1.82, 2.24) is 0 Å². The molecule has 0 atom stereocenters. The van der Waals surface area contributed by atoms with E-state index in [1.165, 1.54) is 21.3 Å². The molecule has 0 saturated heterocycles. The zero-order valence-corrected chi connectivity index (χ0v) is 7.33. The predicted octanol–water partition coefficient (Wildman–Crippen LogP) is 0.257. The smallest absolute Gasteiger partial charge is 0.372 e. The van der Waals surface area contributed by atoms with Crippen molar-refractivity contribution in [2.24, 2.45) is 0 Å². The topological polar surface area (TPSA) is 55.8 Å². The average Bonchev–Trinajstić information content (AvgIpc) is 2.01. The molecule has 5 nitrogen and oxygen atoms in total. The summed E-state index contributed by atoms with van der Waals surface area (Å²) in [6.07, 6.45) is 0.0660. The lowest BCUT2D eigenvalue weighted by Crippen LogP contribution is -2.46. The van der Waals surface area contributed by atoms with Crippen molar-refractivity contribution in [2.45, 2.75) is 0 Å². The van der Waals surface area contributed by atoms with Crippen molar-refractivity contribution in [1.29, 1.82) is 5.39 Å². The summed E-state index contributed by atoms with van der Waals surface area (Å²) in [4.78, 5) is 2.91. The molecular weight excluding hydrogens is 152 g/mol. The first-order valence-corrected chi connectivity index (χ1v) is 4.64. The Morgan fingerprint density at radius 2 is 1.60 bits per heavy atom. The molecule has 0 aromatic carbocycles. The van der Waals surface area contributed by atoms with Gasteiger partial charge in [0.1, 0.15) is 4.98 Å². The van der Waals surface area contributed by atoms with Gasteiger partial charge >= 0.3 is 15.0 Å². The monoisotopic (exact) mass is 163 g/mol. The van der Waals surface area contributed by atoms with E-state index in [4.69, 9.17) is 18.7 Å². The molecule has 10 heavy (non-hydrogen) atoms. The summed E-state index contributed by atoms with van der Waals surface area (Å²) in [5.74, 6) is 0.